The first kappa shape index (κ1) is 25.3. The standard InChI is InChI=1S/C28H31ClN2O3S/c1-28(2,3)18-6-12-22-24(15-18)35-27(25(22)26(32)31-20-9-7-19(29)8-10-20)30-16-17-14-21(33-4)11-13-23(17)34-5/h7-11,13-14,16,18H,6,12,15H2,1-5H3,(H,31,32)/t18-/m0/s1. The molecule has 7 heteroatoms. The Bertz CT molecular complexity index is 1240. The van der Waals surface area contributed by atoms with Gasteiger partial charge in [-0.05, 0) is 78.6 Å². The maximum atomic E-state index is 13.5. The Hall–Kier alpha value is -2.83. The Kier molecular flexibility index (Phi) is 7.53. The zero-order chi connectivity index (χ0) is 25.2. The van der Waals surface area contributed by atoms with E-state index in [2.05, 4.69) is 26.1 Å². The lowest BCUT2D eigenvalue weighted by molar-refractivity contribution is 0.102. The number of aliphatic imine (C=N–C) groups is 1. The van der Waals surface area contributed by atoms with Crippen molar-refractivity contribution in [3.8, 4) is 11.5 Å². The molecule has 1 aliphatic rings. The van der Waals surface area contributed by atoms with Crippen LogP contribution >= 0.6 is 22.9 Å². The molecule has 184 valence electrons. The molecule has 1 N–H and O–H groups in total. The smallest absolute Gasteiger partial charge is 0.259 e. The number of rotatable bonds is 6. The van der Waals surface area contributed by atoms with E-state index in [0.717, 1.165) is 30.4 Å². The van der Waals surface area contributed by atoms with Gasteiger partial charge < -0.3 is 14.8 Å². The lowest BCUT2D eigenvalue weighted by Crippen LogP contribution is -2.27. The Balaban J connectivity index is 1.73. The van der Waals surface area contributed by atoms with Crippen LogP contribution in [0.1, 0.15) is 53.6 Å². The zero-order valence-corrected chi connectivity index (χ0v) is 22.3. The van der Waals surface area contributed by atoms with Crippen molar-refractivity contribution in [2.24, 2.45) is 16.3 Å². The molecule has 0 saturated heterocycles. The number of fused-ring (bicyclic) bond motifs is 1. The third-order valence-corrected chi connectivity index (χ3v) is 7.97. The number of nitrogens with zero attached hydrogens (tertiary/aromatic N) is 1. The molecule has 1 heterocycles. The molecule has 0 spiro atoms. The summed E-state index contributed by atoms with van der Waals surface area (Å²) in [6.07, 6.45) is 4.64. The minimum atomic E-state index is -0.149. The van der Waals surface area contributed by atoms with Gasteiger partial charge in [0.1, 0.15) is 16.5 Å². The average Bonchev–Trinajstić information content (AvgIpc) is 3.21. The number of anilines is 1. The highest BCUT2D eigenvalue weighted by Gasteiger charge is 2.33. The number of thiophene rings is 1. The second-order valence-electron chi connectivity index (χ2n) is 9.82. The van der Waals surface area contributed by atoms with E-state index in [4.69, 9.17) is 26.1 Å². The number of hydrogen-bond donors (Lipinski definition) is 1. The Morgan fingerprint density at radius 3 is 2.54 bits per heavy atom. The van der Waals surface area contributed by atoms with Crippen LogP contribution in [-0.4, -0.2) is 26.3 Å². The third kappa shape index (κ3) is 5.71. The van der Waals surface area contributed by atoms with E-state index in [1.807, 2.05) is 18.2 Å². The number of amides is 1. The summed E-state index contributed by atoms with van der Waals surface area (Å²) in [4.78, 5) is 19.6. The Labute approximate surface area is 216 Å². The fourth-order valence-electron chi connectivity index (χ4n) is 4.43. The van der Waals surface area contributed by atoms with E-state index in [9.17, 15) is 4.79 Å². The minimum Gasteiger partial charge on any atom is -0.497 e. The molecule has 1 atom stereocenters. The minimum absolute atomic E-state index is 0.149. The molecule has 4 rings (SSSR count). The number of nitrogens with one attached hydrogen (secondary N) is 1. The summed E-state index contributed by atoms with van der Waals surface area (Å²) in [5.74, 6) is 1.82. The lowest BCUT2D eigenvalue weighted by atomic mass is 9.72. The molecule has 2 aromatic carbocycles. The summed E-state index contributed by atoms with van der Waals surface area (Å²) < 4.78 is 10.9. The average molecular weight is 511 g/mol. The predicted octanol–water partition coefficient (Wildman–Crippen LogP) is 7.57. The molecular formula is C28H31ClN2O3S. The van der Waals surface area contributed by atoms with E-state index in [1.54, 1.807) is 56.0 Å². The van der Waals surface area contributed by atoms with Crippen LogP contribution < -0.4 is 14.8 Å². The van der Waals surface area contributed by atoms with Gasteiger partial charge in [-0.1, -0.05) is 32.4 Å². The Morgan fingerprint density at radius 2 is 1.89 bits per heavy atom. The van der Waals surface area contributed by atoms with Gasteiger partial charge in [-0.3, -0.25) is 4.79 Å². The summed E-state index contributed by atoms with van der Waals surface area (Å²) >= 11 is 7.63. The molecule has 0 bridgehead atoms. The normalized spacial score (nSPS) is 15.7. The quantitative estimate of drug-likeness (QED) is 0.348. The van der Waals surface area contributed by atoms with Gasteiger partial charge in [0, 0.05) is 27.4 Å². The zero-order valence-electron chi connectivity index (χ0n) is 20.8. The van der Waals surface area contributed by atoms with Crippen LogP contribution in [-0.2, 0) is 12.8 Å². The molecule has 5 nitrogen and oxygen atoms in total. The fraction of sp³-hybridized carbons (Fsp3) is 0.357. The highest BCUT2D eigenvalue weighted by Crippen LogP contribution is 2.45. The molecule has 3 aromatic rings. The van der Waals surface area contributed by atoms with Gasteiger partial charge in [0.25, 0.3) is 5.91 Å². The van der Waals surface area contributed by atoms with Crippen molar-refractivity contribution in [2.45, 2.75) is 40.0 Å². The van der Waals surface area contributed by atoms with E-state index in [1.165, 1.54) is 4.88 Å². The third-order valence-electron chi connectivity index (χ3n) is 6.56. The van der Waals surface area contributed by atoms with Crippen molar-refractivity contribution in [3.05, 3.63) is 69.1 Å². The first-order chi connectivity index (χ1) is 16.7. The van der Waals surface area contributed by atoms with Gasteiger partial charge in [0.2, 0.25) is 0 Å². The van der Waals surface area contributed by atoms with Crippen LogP contribution in [0.25, 0.3) is 0 Å². The van der Waals surface area contributed by atoms with Crippen LogP contribution in [0.4, 0.5) is 10.7 Å². The molecule has 1 amide bonds. The largest absolute Gasteiger partial charge is 0.497 e. The van der Waals surface area contributed by atoms with Crippen molar-refractivity contribution in [1.82, 2.24) is 0 Å². The molecule has 0 unspecified atom stereocenters. The maximum Gasteiger partial charge on any atom is 0.259 e. The maximum absolute atomic E-state index is 13.5. The van der Waals surface area contributed by atoms with E-state index >= 15 is 0 Å². The van der Waals surface area contributed by atoms with Crippen LogP contribution in [0, 0.1) is 11.3 Å². The van der Waals surface area contributed by atoms with Gasteiger partial charge >= 0.3 is 0 Å². The first-order valence-corrected chi connectivity index (χ1v) is 12.9. The second kappa shape index (κ2) is 10.4. The van der Waals surface area contributed by atoms with E-state index in [0.29, 0.717) is 38.7 Å². The van der Waals surface area contributed by atoms with Gasteiger partial charge in [-0.15, -0.1) is 11.3 Å². The first-order valence-electron chi connectivity index (χ1n) is 11.7. The highest BCUT2D eigenvalue weighted by molar-refractivity contribution is 7.16. The fourth-order valence-corrected chi connectivity index (χ4v) is 5.83. The predicted molar refractivity (Wildman–Crippen MR) is 145 cm³/mol. The number of ether oxygens (including phenoxy) is 2. The molecule has 0 fully saturated rings. The monoisotopic (exact) mass is 510 g/mol. The summed E-state index contributed by atoms with van der Waals surface area (Å²) in [6, 6.07) is 12.7. The van der Waals surface area contributed by atoms with Crippen molar-refractivity contribution in [2.75, 3.05) is 19.5 Å². The molecule has 1 aromatic heterocycles. The summed E-state index contributed by atoms with van der Waals surface area (Å²) in [5.41, 5.74) is 3.48. The summed E-state index contributed by atoms with van der Waals surface area (Å²) in [5, 5.41) is 4.37. The molecule has 0 aliphatic heterocycles. The van der Waals surface area contributed by atoms with Crippen molar-refractivity contribution in [1.29, 1.82) is 0 Å². The van der Waals surface area contributed by atoms with E-state index in [-0.39, 0.29) is 11.3 Å². The molecule has 0 saturated carbocycles. The van der Waals surface area contributed by atoms with Crippen LogP contribution in [0.5, 0.6) is 11.5 Å². The summed E-state index contributed by atoms with van der Waals surface area (Å²) in [7, 11) is 3.25. The Morgan fingerprint density at radius 1 is 1.14 bits per heavy atom. The van der Waals surface area contributed by atoms with Crippen molar-refractivity contribution < 1.29 is 14.3 Å². The van der Waals surface area contributed by atoms with E-state index < -0.39 is 0 Å². The molecular weight excluding hydrogens is 480 g/mol. The molecule has 0 radical (unpaired) electrons. The van der Waals surface area contributed by atoms with Gasteiger partial charge in [0.05, 0.1) is 19.8 Å². The van der Waals surface area contributed by atoms with Crippen LogP contribution in [0.2, 0.25) is 5.02 Å². The second-order valence-corrected chi connectivity index (χ2v) is 11.3. The SMILES string of the molecule is COc1ccc(OC)c(C=Nc2sc3c(c2C(=O)Nc2ccc(Cl)cc2)CC[C@H](C(C)(C)C)C3)c1. The number of hydrogen-bond acceptors (Lipinski definition) is 5. The van der Waals surface area contributed by atoms with Gasteiger partial charge in [-0.25, -0.2) is 4.99 Å². The topological polar surface area (TPSA) is 59.9 Å². The van der Waals surface area contributed by atoms with Crippen molar-refractivity contribution >= 4 is 45.7 Å². The van der Waals surface area contributed by atoms with Gasteiger partial charge in [-0.2, -0.15) is 0 Å². The number of halogens is 1. The van der Waals surface area contributed by atoms with Crippen molar-refractivity contribution in [3.63, 3.8) is 0 Å². The van der Waals surface area contributed by atoms with Gasteiger partial charge in [0.15, 0.2) is 0 Å². The van der Waals surface area contributed by atoms with Crippen LogP contribution in [0.15, 0.2) is 47.5 Å². The van der Waals surface area contributed by atoms with Crippen LogP contribution in [0.3, 0.4) is 0 Å². The number of methoxy groups -OCH3 is 2. The number of carbonyl (C=O) groups is 1. The lowest BCUT2D eigenvalue weighted by Gasteiger charge is -2.33. The highest BCUT2D eigenvalue weighted by atomic mass is 35.5. The molecule has 1 aliphatic carbocycles. The summed E-state index contributed by atoms with van der Waals surface area (Å²) in [6.45, 7) is 6.87. The number of benzene rings is 2. The molecule has 35 heavy (non-hydrogen) atoms. The number of carbonyl (C=O) groups excluding carboxylic acids is 1.